The summed E-state index contributed by atoms with van der Waals surface area (Å²) in [6, 6.07) is 10.5. The van der Waals surface area contributed by atoms with Crippen LogP contribution in [0.25, 0.3) is 0 Å². The highest BCUT2D eigenvalue weighted by Gasteiger charge is 2.32. The molecule has 37 heavy (non-hydrogen) atoms. The Morgan fingerprint density at radius 2 is 1.81 bits per heavy atom. The van der Waals surface area contributed by atoms with Gasteiger partial charge in [-0.05, 0) is 53.6 Å². The molecule has 12 heteroatoms. The first-order valence-electron chi connectivity index (χ1n) is 12.0. The van der Waals surface area contributed by atoms with E-state index < -0.39 is 28.3 Å². The molecule has 0 radical (unpaired) electrons. The summed E-state index contributed by atoms with van der Waals surface area (Å²) in [4.78, 5) is 17.9. The topological polar surface area (TPSA) is 144 Å². The minimum absolute atomic E-state index is 0.00630. The van der Waals surface area contributed by atoms with Crippen molar-refractivity contribution in [1.82, 2.24) is 9.79 Å². The predicted octanol–water partition coefficient (Wildman–Crippen LogP) is 2.46. The van der Waals surface area contributed by atoms with Crippen molar-refractivity contribution < 1.29 is 42.5 Å². The van der Waals surface area contributed by atoms with Crippen LogP contribution in [0, 0.1) is 5.92 Å². The molecule has 2 atom stereocenters. The molecule has 204 valence electrons. The number of sulfonamides is 1. The van der Waals surface area contributed by atoms with Crippen LogP contribution in [0.1, 0.15) is 32.8 Å². The molecule has 1 amide bonds. The van der Waals surface area contributed by atoms with Gasteiger partial charge in [0.2, 0.25) is 6.79 Å². The van der Waals surface area contributed by atoms with Gasteiger partial charge >= 0.3 is 6.09 Å². The molecule has 2 aromatic carbocycles. The van der Waals surface area contributed by atoms with Gasteiger partial charge in [0.1, 0.15) is 5.75 Å². The number of fused-ring (bicyclic) bond motifs is 1. The van der Waals surface area contributed by atoms with Gasteiger partial charge in [-0.1, -0.05) is 26.0 Å². The summed E-state index contributed by atoms with van der Waals surface area (Å²) in [5.74, 6) is 1.20. The fraction of sp³-hybridized carbons (Fsp3) is 0.480. The summed E-state index contributed by atoms with van der Waals surface area (Å²) >= 11 is 0. The Labute approximate surface area is 216 Å². The third-order valence-corrected chi connectivity index (χ3v) is 7.05. The Balaban J connectivity index is 1.68. The van der Waals surface area contributed by atoms with E-state index in [1.807, 2.05) is 0 Å². The summed E-state index contributed by atoms with van der Waals surface area (Å²) in [5, 5.41) is 21.7. The van der Waals surface area contributed by atoms with E-state index in [1.165, 1.54) is 25.1 Å². The van der Waals surface area contributed by atoms with Crippen molar-refractivity contribution >= 4 is 16.1 Å². The van der Waals surface area contributed by atoms with Crippen LogP contribution in [0.2, 0.25) is 0 Å². The fourth-order valence-corrected chi connectivity index (χ4v) is 4.87. The average Bonchev–Trinajstić information content (AvgIpc) is 3.32. The second-order valence-electron chi connectivity index (χ2n) is 9.04. The number of hydrogen-bond donors (Lipinski definition) is 3. The molecule has 0 fully saturated rings. The molecule has 0 aromatic heterocycles. The number of aliphatic hydroxyl groups excluding tert-OH is 2. The average molecular weight is 539 g/mol. The number of hydrogen-bond acceptors (Lipinski definition) is 9. The molecular weight excluding hydrogens is 504 g/mol. The van der Waals surface area contributed by atoms with E-state index in [2.05, 4.69) is 5.32 Å². The molecule has 0 saturated heterocycles. The Morgan fingerprint density at radius 3 is 2.46 bits per heavy atom. The number of carbonyl (C=O) groups is 1. The predicted molar refractivity (Wildman–Crippen MR) is 134 cm³/mol. The lowest BCUT2D eigenvalue weighted by atomic mass is 10.0. The molecule has 0 aliphatic carbocycles. The minimum Gasteiger partial charge on any atom is -0.494 e. The maximum absolute atomic E-state index is 13.3. The van der Waals surface area contributed by atoms with Crippen LogP contribution in [0.4, 0.5) is 4.79 Å². The van der Waals surface area contributed by atoms with Crippen molar-refractivity contribution in [3.05, 3.63) is 48.0 Å². The lowest BCUT2D eigenvalue weighted by molar-refractivity contribution is -0.0323. The van der Waals surface area contributed by atoms with Crippen molar-refractivity contribution in [2.75, 3.05) is 26.6 Å². The highest BCUT2D eigenvalue weighted by molar-refractivity contribution is 7.89. The van der Waals surface area contributed by atoms with E-state index in [9.17, 15) is 18.3 Å². The van der Waals surface area contributed by atoms with E-state index in [1.54, 1.807) is 38.1 Å². The zero-order valence-electron chi connectivity index (χ0n) is 21.1. The third kappa shape index (κ3) is 7.96. The second kappa shape index (κ2) is 13.0. The Kier molecular flexibility index (Phi) is 9.98. The smallest absolute Gasteiger partial charge is 0.427 e. The molecule has 0 bridgehead atoms. The lowest BCUT2D eigenvalue weighted by Gasteiger charge is -2.25. The molecule has 1 aliphatic heterocycles. The largest absolute Gasteiger partial charge is 0.494 e. The molecule has 11 nitrogen and oxygen atoms in total. The Bertz CT molecular complexity index is 1140. The molecule has 2 aromatic rings. The minimum atomic E-state index is -4.22. The quantitative estimate of drug-likeness (QED) is 0.259. The number of amides is 1. The van der Waals surface area contributed by atoms with Crippen molar-refractivity contribution in [2.45, 2.75) is 50.7 Å². The molecule has 1 aliphatic rings. The standard InChI is InChI=1S/C25H34N2O9S/c1-17(2)15-27(37(31,32)21-9-10-23-24(14-21)35-16-34-23)36-25(30)26-22(18(3)29)13-19-5-7-20(8-6-19)33-12-4-11-28/h5-10,14,17-18,22,28-29H,4,11-13,15-16H2,1-3H3,(H,26,30). The van der Waals surface area contributed by atoms with Gasteiger partial charge in [-0.3, -0.25) is 0 Å². The van der Waals surface area contributed by atoms with Crippen molar-refractivity contribution in [3.63, 3.8) is 0 Å². The van der Waals surface area contributed by atoms with E-state index in [0.717, 1.165) is 5.56 Å². The number of nitrogens with one attached hydrogen (secondary N) is 1. The first-order valence-corrected chi connectivity index (χ1v) is 13.5. The number of carbonyl (C=O) groups excluding carboxylic acids is 1. The van der Waals surface area contributed by atoms with Gasteiger partial charge in [0.15, 0.2) is 11.5 Å². The van der Waals surface area contributed by atoms with Crippen LogP contribution in [0.5, 0.6) is 17.2 Å². The summed E-state index contributed by atoms with van der Waals surface area (Å²) < 4.78 is 43.2. The maximum atomic E-state index is 13.3. The molecule has 0 spiro atoms. The van der Waals surface area contributed by atoms with E-state index in [-0.39, 0.29) is 42.9 Å². The number of aliphatic hydroxyl groups is 2. The van der Waals surface area contributed by atoms with E-state index in [4.69, 9.17) is 24.2 Å². The van der Waals surface area contributed by atoms with Crippen LogP contribution in [0.15, 0.2) is 47.4 Å². The SMILES string of the molecule is CC(C)CN(OC(=O)NC(Cc1ccc(OCCCO)cc1)C(C)O)S(=O)(=O)c1ccc2c(c1)OCO2. The van der Waals surface area contributed by atoms with Gasteiger partial charge < -0.3 is 34.6 Å². The van der Waals surface area contributed by atoms with Gasteiger partial charge in [0.25, 0.3) is 10.0 Å². The Hall–Kier alpha value is -3.06. The number of rotatable bonds is 13. The lowest BCUT2D eigenvalue weighted by Crippen LogP contribution is -2.47. The number of benzene rings is 2. The molecule has 3 N–H and O–H groups in total. The van der Waals surface area contributed by atoms with Crippen molar-refractivity contribution in [3.8, 4) is 17.2 Å². The van der Waals surface area contributed by atoms with Gasteiger partial charge in [0.05, 0.1) is 30.2 Å². The van der Waals surface area contributed by atoms with Gasteiger partial charge in [-0.25, -0.2) is 13.2 Å². The zero-order chi connectivity index (χ0) is 27.0. The van der Waals surface area contributed by atoms with Crippen molar-refractivity contribution in [2.24, 2.45) is 5.92 Å². The normalized spacial score (nSPS) is 14.5. The number of ether oxygens (including phenoxy) is 3. The van der Waals surface area contributed by atoms with Crippen LogP contribution in [-0.4, -0.2) is 67.9 Å². The summed E-state index contributed by atoms with van der Waals surface area (Å²) in [7, 11) is -4.22. The number of hydroxylamine groups is 1. The van der Waals surface area contributed by atoms with Crippen LogP contribution in [0.3, 0.4) is 0 Å². The molecule has 3 rings (SSSR count). The molecule has 1 heterocycles. The fourth-order valence-electron chi connectivity index (χ4n) is 3.48. The van der Waals surface area contributed by atoms with Crippen LogP contribution < -0.4 is 19.5 Å². The Morgan fingerprint density at radius 1 is 1.11 bits per heavy atom. The summed E-state index contributed by atoms with van der Waals surface area (Å²) in [6.07, 6.45) is -1.17. The van der Waals surface area contributed by atoms with Gasteiger partial charge in [-0.2, -0.15) is 0 Å². The highest BCUT2D eigenvalue weighted by atomic mass is 32.2. The van der Waals surface area contributed by atoms with Crippen molar-refractivity contribution in [1.29, 1.82) is 0 Å². The second-order valence-corrected chi connectivity index (χ2v) is 10.9. The van der Waals surface area contributed by atoms with Gasteiger partial charge in [0, 0.05) is 19.1 Å². The van der Waals surface area contributed by atoms with E-state index in [0.29, 0.717) is 29.0 Å². The summed E-state index contributed by atoms with van der Waals surface area (Å²) in [6.45, 7) is 5.45. The highest BCUT2D eigenvalue weighted by Crippen LogP contribution is 2.34. The van der Waals surface area contributed by atoms with Crippen LogP contribution >= 0.6 is 0 Å². The van der Waals surface area contributed by atoms with Crippen LogP contribution in [-0.2, 0) is 21.3 Å². The molecule has 0 saturated carbocycles. The first-order chi connectivity index (χ1) is 17.6. The number of nitrogens with zero attached hydrogens (tertiary/aromatic N) is 1. The first kappa shape index (κ1) is 28.5. The summed E-state index contributed by atoms with van der Waals surface area (Å²) in [5.41, 5.74) is 0.813. The molecule has 2 unspecified atom stereocenters. The maximum Gasteiger partial charge on any atom is 0.427 e. The van der Waals surface area contributed by atoms with E-state index >= 15 is 0 Å². The van der Waals surface area contributed by atoms with Gasteiger partial charge in [-0.15, -0.1) is 0 Å². The zero-order valence-corrected chi connectivity index (χ0v) is 21.9. The third-order valence-electron chi connectivity index (χ3n) is 5.44. The molecular formula is C25H34N2O9S. The monoisotopic (exact) mass is 538 g/mol.